The third-order valence-electron chi connectivity index (χ3n) is 14.0. The van der Waals surface area contributed by atoms with Crippen molar-refractivity contribution < 1.29 is 37.6 Å². The number of hydrogen-bond acceptors (Lipinski definition) is 8. The van der Waals surface area contributed by atoms with Gasteiger partial charge in [-0.15, -0.1) is 0 Å². The lowest BCUT2D eigenvalue weighted by molar-refractivity contribution is -0.161. The molecule has 430 valence electrons. The lowest BCUT2D eigenvalue weighted by Crippen LogP contribution is -2.29. The molecule has 10 heteroatoms. The van der Waals surface area contributed by atoms with Crippen molar-refractivity contribution in [1.29, 1.82) is 0 Å². The van der Waals surface area contributed by atoms with Crippen LogP contribution in [-0.2, 0) is 32.7 Å². The minimum absolute atomic E-state index is 0.0548. The Morgan fingerprint density at radius 2 is 0.712 bits per heavy atom. The van der Waals surface area contributed by atoms with Crippen LogP contribution in [0.1, 0.15) is 322 Å². The highest BCUT2D eigenvalue weighted by molar-refractivity contribution is 7.47. The van der Waals surface area contributed by atoms with Gasteiger partial charge in [0.2, 0.25) is 0 Å². The summed E-state index contributed by atoms with van der Waals surface area (Å²) in [6.45, 7) is 3.77. The maximum absolute atomic E-state index is 12.7. The van der Waals surface area contributed by atoms with Crippen molar-refractivity contribution in [2.24, 2.45) is 5.73 Å². The van der Waals surface area contributed by atoms with Crippen LogP contribution in [0.4, 0.5) is 0 Å². The van der Waals surface area contributed by atoms with E-state index in [2.05, 4.69) is 50.3 Å². The van der Waals surface area contributed by atoms with E-state index in [-0.39, 0.29) is 38.6 Å². The maximum Gasteiger partial charge on any atom is 0.472 e. The first-order valence-electron chi connectivity index (χ1n) is 31.5. The van der Waals surface area contributed by atoms with Gasteiger partial charge in [-0.25, -0.2) is 4.57 Å². The molecule has 0 saturated carbocycles. The first-order chi connectivity index (χ1) is 35.8. The lowest BCUT2D eigenvalue weighted by atomic mass is 10.0. The van der Waals surface area contributed by atoms with Gasteiger partial charge in [-0.1, -0.05) is 275 Å². The van der Waals surface area contributed by atoms with Crippen molar-refractivity contribution in [1.82, 2.24) is 0 Å². The zero-order valence-electron chi connectivity index (χ0n) is 48.1. The maximum atomic E-state index is 12.7. The van der Waals surface area contributed by atoms with E-state index in [1.165, 1.54) is 238 Å². The van der Waals surface area contributed by atoms with E-state index in [0.717, 1.165) is 51.4 Å². The smallest absolute Gasteiger partial charge is 0.462 e. The molecule has 0 aliphatic heterocycles. The van der Waals surface area contributed by atoms with Gasteiger partial charge < -0.3 is 20.1 Å². The van der Waals surface area contributed by atoms with E-state index in [9.17, 15) is 19.0 Å². The molecule has 0 rings (SSSR count). The second kappa shape index (κ2) is 59.5. The normalized spacial score (nSPS) is 13.2. The van der Waals surface area contributed by atoms with Gasteiger partial charge in [-0.3, -0.25) is 18.6 Å². The Labute approximate surface area is 452 Å². The number of rotatable bonds is 60. The molecule has 0 spiro atoms. The summed E-state index contributed by atoms with van der Waals surface area (Å²) in [4.78, 5) is 35.2. The monoisotopic (exact) mass is 1050 g/mol. The molecule has 0 aliphatic rings. The fourth-order valence-corrected chi connectivity index (χ4v) is 10.1. The molecular formula is C63H120NO8P. The second-order valence-electron chi connectivity index (χ2n) is 21.3. The Balaban J connectivity index is 3.81. The van der Waals surface area contributed by atoms with Crippen molar-refractivity contribution >= 4 is 19.8 Å². The average molecular weight is 1050 g/mol. The molecule has 2 unspecified atom stereocenters. The molecule has 2 atom stereocenters. The third kappa shape index (κ3) is 59.3. The molecule has 0 aromatic heterocycles. The van der Waals surface area contributed by atoms with Crippen molar-refractivity contribution in [3.05, 3.63) is 36.5 Å². The molecule has 0 fully saturated rings. The highest BCUT2D eigenvalue weighted by Gasteiger charge is 2.26. The number of carbonyl (C=O) groups excluding carboxylic acids is 2. The number of esters is 2. The quantitative estimate of drug-likeness (QED) is 0.0264. The molecular weight excluding hydrogens is 930 g/mol. The molecule has 0 amide bonds. The Morgan fingerprint density at radius 3 is 1.05 bits per heavy atom. The fraction of sp³-hybridized carbons (Fsp3) is 0.873. The summed E-state index contributed by atoms with van der Waals surface area (Å²) in [5, 5.41) is 0. The van der Waals surface area contributed by atoms with Crippen LogP contribution >= 0.6 is 7.82 Å². The highest BCUT2D eigenvalue weighted by Crippen LogP contribution is 2.43. The van der Waals surface area contributed by atoms with Gasteiger partial charge >= 0.3 is 19.8 Å². The van der Waals surface area contributed by atoms with Crippen molar-refractivity contribution in [2.45, 2.75) is 328 Å². The largest absolute Gasteiger partial charge is 0.472 e. The molecule has 0 aromatic rings. The van der Waals surface area contributed by atoms with E-state index >= 15 is 0 Å². The van der Waals surface area contributed by atoms with E-state index in [1.54, 1.807) is 0 Å². The summed E-state index contributed by atoms with van der Waals surface area (Å²) in [6.07, 6.45) is 72.3. The Kier molecular flexibility index (Phi) is 58.0. The number of unbranched alkanes of at least 4 members (excludes halogenated alkanes) is 41. The fourth-order valence-electron chi connectivity index (χ4n) is 9.31. The number of nitrogens with two attached hydrogens (primary N) is 1. The Bertz CT molecular complexity index is 1290. The number of carbonyl (C=O) groups is 2. The summed E-state index contributed by atoms with van der Waals surface area (Å²) in [7, 11) is -4.39. The number of phosphoric ester groups is 1. The van der Waals surface area contributed by atoms with Gasteiger partial charge in [0.25, 0.3) is 0 Å². The van der Waals surface area contributed by atoms with Crippen LogP contribution in [0.3, 0.4) is 0 Å². The average Bonchev–Trinajstić information content (AvgIpc) is 3.38. The predicted octanol–water partition coefficient (Wildman–Crippen LogP) is 20.0. The van der Waals surface area contributed by atoms with Crippen molar-refractivity contribution in [3.8, 4) is 0 Å². The van der Waals surface area contributed by atoms with Gasteiger partial charge in [-0.2, -0.15) is 0 Å². The zero-order chi connectivity index (χ0) is 53.1. The van der Waals surface area contributed by atoms with Gasteiger partial charge in [0.05, 0.1) is 13.2 Å². The number of ether oxygens (including phenoxy) is 2. The molecule has 0 saturated heterocycles. The summed E-state index contributed by atoms with van der Waals surface area (Å²) in [5.74, 6) is -0.817. The Morgan fingerprint density at radius 1 is 0.411 bits per heavy atom. The predicted molar refractivity (Wildman–Crippen MR) is 312 cm³/mol. The first kappa shape index (κ1) is 71.2. The van der Waals surface area contributed by atoms with Crippen molar-refractivity contribution in [3.63, 3.8) is 0 Å². The minimum Gasteiger partial charge on any atom is -0.462 e. The number of phosphoric acid groups is 1. The Hall–Kier alpha value is -1.77. The van der Waals surface area contributed by atoms with Crippen LogP contribution in [0.2, 0.25) is 0 Å². The van der Waals surface area contributed by atoms with Crippen LogP contribution in [0.15, 0.2) is 36.5 Å². The van der Waals surface area contributed by atoms with Crippen LogP contribution < -0.4 is 5.73 Å². The van der Waals surface area contributed by atoms with Crippen LogP contribution in [0, 0.1) is 0 Å². The third-order valence-corrected chi connectivity index (χ3v) is 15.0. The minimum atomic E-state index is -4.39. The molecule has 0 aromatic carbocycles. The molecule has 0 bridgehead atoms. The first-order valence-corrected chi connectivity index (χ1v) is 33.0. The molecule has 0 radical (unpaired) electrons. The van der Waals surface area contributed by atoms with E-state index in [1.807, 2.05) is 0 Å². The van der Waals surface area contributed by atoms with Gasteiger partial charge in [-0.05, 0) is 70.6 Å². The lowest BCUT2D eigenvalue weighted by Gasteiger charge is -2.19. The van der Waals surface area contributed by atoms with E-state index in [4.69, 9.17) is 24.3 Å². The summed E-state index contributed by atoms with van der Waals surface area (Å²) >= 11 is 0. The van der Waals surface area contributed by atoms with Crippen molar-refractivity contribution in [2.75, 3.05) is 26.4 Å². The van der Waals surface area contributed by atoms with Crippen LogP contribution in [-0.4, -0.2) is 49.3 Å². The van der Waals surface area contributed by atoms with E-state index in [0.29, 0.717) is 6.42 Å². The summed E-state index contributed by atoms with van der Waals surface area (Å²) < 4.78 is 33.1. The molecule has 9 nitrogen and oxygen atoms in total. The highest BCUT2D eigenvalue weighted by atomic mass is 31.2. The van der Waals surface area contributed by atoms with Gasteiger partial charge in [0, 0.05) is 19.4 Å². The standard InChI is InChI=1S/C63H120NO8P/c1-3-5-7-9-11-13-15-17-19-21-22-23-24-25-26-27-28-29-30-31-32-33-34-35-36-37-38-40-42-44-46-48-50-52-54-56-63(66)72-61(60-71-73(67,68)70-58-57-64)59-69-62(65)55-53-51-49-47-45-43-41-39-20-18-16-14-12-10-8-6-4-2/h15,17-18,20-22,61H,3-14,16,19,23-60,64H2,1-2H3,(H,67,68)/b17-15-,20-18-,22-21-. The topological polar surface area (TPSA) is 134 Å². The number of hydrogen-bond donors (Lipinski definition) is 2. The SMILES string of the molecule is CCCCCCC/C=C\C/C=C\CCCCCCCCCCCCCCCCCCCCCCCCCC(=O)OC(COC(=O)CCCCCCCCC/C=C\CCCCCCCC)COP(=O)(O)OCCN. The number of allylic oxidation sites excluding steroid dienone is 6. The molecule has 0 aliphatic carbocycles. The van der Waals surface area contributed by atoms with Gasteiger partial charge in [0.15, 0.2) is 6.10 Å². The molecule has 3 N–H and O–H groups in total. The summed E-state index contributed by atoms with van der Waals surface area (Å²) in [5.41, 5.74) is 5.38. The molecule has 73 heavy (non-hydrogen) atoms. The van der Waals surface area contributed by atoms with Gasteiger partial charge in [0.1, 0.15) is 6.61 Å². The van der Waals surface area contributed by atoms with Crippen LogP contribution in [0.25, 0.3) is 0 Å². The zero-order valence-corrected chi connectivity index (χ0v) is 49.0. The second-order valence-corrected chi connectivity index (χ2v) is 22.7. The summed E-state index contributed by atoms with van der Waals surface area (Å²) in [6, 6.07) is 0. The van der Waals surface area contributed by atoms with E-state index < -0.39 is 26.5 Å². The van der Waals surface area contributed by atoms with Crippen LogP contribution in [0.5, 0.6) is 0 Å². The molecule has 0 heterocycles.